The standard InChI is InChI=1S/C14H20N2OS/c1-9(8-17)10(2)15-11(3)14-16-12-6-4-5-7-13(12)18-14/h4-7,9-11,15,17H,8H2,1-3H3. The number of rotatable bonds is 5. The molecule has 1 heterocycles. The van der Waals surface area contributed by atoms with E-state index in [-0.39, 0.29) is 24.6 Å². The van der Waals surface area contributed by atoms with Crippen LogP contribution in [0.25, 0.3) is 10.2 Å². The number of fused-ring (bicyclic) bond motifs is 1. The molecule has 3 unspecified atom stereocenters. The molecule has 0 aliphatic carbocycles. The summed E-state index contributed by atoms with van der Waals surface area (Å²) in [5.74, 6) is 0.252. The molecule has 0 fully saturated rings. The van der Waals surface area contributed by atoms with Gasteiger partial charge in [0.25, 0.3) is 0 Å². The summed E-state index contributed by atoms with van der Waals surface area (Å²) in [5.41, 5.74) is 1.06. The highest BCUT2D eigenvalue weighted by atomic mass is 32.1. The molecule has 0 aliphatic rings. The van der Waals surface area contributed by atoms with Crippen LogP contribution in [0.5, 0.6) is 0 Å². The number of benzene rings is 1. The van der Waals surface area contributed by atoms with Crippen molar-refractivity contribution in [3.8, 4) is 0 Å². The summed E-state index contributed by atoms with van der Waals surface area (Å²) in [6, 6.07) is 8.69. The quantitative estimate of drug-likeness (QED) is 0.872. The van der Waals surface area contributed by atoms with E-state index >= 15 is 0 Å². The van der Waals surface area contributed by atoms with Gasteiger partial charge in [0.1, 0.15) is 5.01 Å². The SMILES string of the molecule is CC(NC(C)C(C)CO)c1nc2ccccc2s1. The number of nitrogens with zero attached hydrogens (tertiary/aromatic N) is 1. The van der Waals surface area contributed by atoms with E-state index in [0.29, 0.717) is 0 Å². The Morgan fingerprint density at radius 3 is 2.67 bits per heavy atom. The summed E-state index contributed by atoms with van der Waals surface area (Å²) in [6.07, 6.45) is 0. The topological polar surface area (TPSA) is 45.1 Å². The fourth-order valence-corrected chi connectivity index (χ4v) is 2.84. The van der Waals surface area contributed by atoms with E-state index in [2.05, 4.69) is 30.2 Å². The van der Waals surface area contributed by atoms with Crippen molar-refractivity contribution in [2.45, 2.75) is 32.9 Å². The van der Waals surface area contributed by atoms with Crippen LogP contribution in [0.15, 0.2) is 24.3 Å². The minimum atomic E-state index is 0.209. The molecule has 2 N–H and O–H groups in total. The fourth-order valence-electron chi connectivity index (χ4n) is 1.86. The summed E-state index contributed by atoms with van der Waals surface area (Å²) in [7, 11) is 0. The lowest BCUT2D eigenvalue weighted by atomic mass is 10.0. The minimum Gasteiger partial charge on any atom is -0.396 e. The third kappa shape index (κ3) is 2.88. The van der Waals surface area contributed by atoms with Crippen LogP contribution in [0, 0.1) is 5.92 Å². The number of aliphatic hydroxyl groups excluding tert-OH is 1. The van der Waals surface area contributed by atoms with Gasteiger partial charge in [0, 0.05) is 12.6 Å². The summed E-state index contributed by atoms with van der Waals surface area (Å²) >= 11 is 1.73. The normalized spacial score (nSPS) is 16.7. The molecule has 0 radical (unpaired) electrons. The van der Waals surface area contributed by atoms with Crippen molar-refractivity contribution in [3.05, 3.63) is 29.3 Å². The zero-order valence-electron chi connectivity index (χ0n) is 11.1. The fraction of sp³-hybridized carbons (Fsp3) is 0.500. The highest BCUT2D eigenvalue weighted by Gasteiger charge is 2.17. The average molecular weight is 264 g/mol. The first-order chi connectivity index (χ1) is 8.61. The molecule has 1 aromatic heterocycles. The maximum absolute atomic E-state index is 9.15. The van der Waals surface area contributed by atoms with Crippen molar-refractivity contribution in [3.63, 3.8) is 0 Å². The van der Waals surface area contributed by atoms with Crippen molar-refractivity contribution in [1.29, 1.82) is 0 Å². The first kappa shape index (κ1) is 13.5. The van der Waals surface area contributed by atoms with Gasteiger partial charge in [-0.15, -0.1) is 11.3 Å². The van der Waals surface area contributed by atoms with Crippen LogP contribution >= 0.6 is 11.3 Å². The molecule has 2 aromatic rings. The lowest BCUT2D eigenvalue weighted by Gasteiger charge is -2.22. The van der Waals surface area contributed by atoms with E-state index in [1.54, 1.807) is 11.3 Å². The van der Waals surface area contributed by atoms with E-state index in [1.807, 2.05) is 25.1 Å². The second-order valence-corrected chi connectivity index (χ2v) is 5.92. The van der Waals surface area contributed by atoms with Gasteiger partial charge in [-0.05, 0) is 31.9 Å². The van der Waals surface area contributed by atoms with E-state index in [4.69, 9.17) is 5.11 Å². The summed E-state index contributed by atoms with van der Waals surface area (Å²) < 4.78 is 1.23. The zero-order valence-corrected chi connectivity index (χ0v) is 11.9. The van der Waals surface area contributed by atoms with Crippen LogP contribution in [0.2, 0.25) is 0 Å². The Kier molecular flexibility index (Phi) is 4.32. The Bertz CT molecular complexity index is 478. The molecule has 0 spiro atoms. The van der Waals surface area contributed by atoms with E-state index in [0.717, 1.165) is 10.5 Å². The average Bonchev–Trinajstić information content (AvgIpc) is 2.81. The summed E-state index contributed by atoms with van der Waals surface area (Å²) in [5, 5.41) is 13.8. The van der Waals surface area contributed by atoms with Crippen LogP contribution in [0.4, 0.5) is 0 Å². The van der Waals surface area contributed by atoms with Crippen molar-refractivity contribution >= 4 is 21.6 Å². The maximum Gasteiger partial charge on any atom is 0.111 e. The summed E-state index contributed by atoms with van der Waals surface area (Å²) in [4.78, 5) is 4.64. The number of thiazole rings is 1. The minimum absolute atomic E-state index is 0.209. The molecule has 0 bridgehead atoms. The van der Waals surface area contributed by atoms with E-state index in [9.17, 15) is 0 Å². The number of hydrogen-bond acceptors (Lipinski definition) is 4. The first-order valence-electron chi connectivity index (χ1n) is 6.34. The Morgan fingerprint density at radius 2 is 2.00 bits per heavy atom. The monoisotopic (exact) mass is 264 g/mol. The smallest absolute Gasteiger partial charge is 0.111 e. The van der Waals surface area contributed by atoms with Crippen LogP contribution in [-0.2, 0) is 0 Å². The van der Waals surface area contributed by atoms with Gasteiger partial charge < -0.3 is 10.4 Å². The van der Waals surface area contributed by atoms with Crippen molar-refractivity contribution < 1.29 is 5.11 Å². The molecule has 0 amide bonds. The molecule has 0 saturated carbocycles. The molecule has 4 heteroatoms. The zero-order chi connectivity index (χ0) is 13.1. The maximum atomic E-state index is 9.15. The van der Waals surface area contributed by atoms with Crippen molar-refractivity contribution in [2.24, 2.45) is 5.92 Å². The summed E-state index contributed by atoms with van der Waals surface area (Å²) in [6.45, 7) is 6.48. The van der Waals surface area contributed by atoms with Gasteiger partial charge in [0.15, 0.2) is 0 Å². The predicted octanol–water partition coefficient (Wildman–Crippen LogP) is 2.96. The molecular weight excluding hydrogens is 244 g/mol. The Hall–Kier alpha value is -0.970. The van der Waals surface area contributed by atoms with Gasteiger partial charge in [0.05, 0.1) is 16.3 Å². The van der Waals surface area contributed by atoms with Gasteiger partial charge in [-0.2, -0.15) is 0 Å². The largest absolute Gasteiger partial charge is 0.396 e. The van der Waals surface area contributed by atoms with Gasteiger partial charge in [-0.25, -0.2) is 4.98 Å². The number of aromatic nitrogens is 1. The van der Waals surface area contributed by atoms with Crippen LogP contribution in [0.3, 0.4) is 0 Å². The van der Waals surface area contributed by atoms with E-state index in [1.165, 1.54) is 4.70 Å². The number of aliphatic hydroxyl groups is 1. The van der Waals surface area contributed by atoms with Gasteiger partial charge >= 0.3 is 0 Å². The molecule has 0 aliphatic heterocycles. The molecule has 1 aromatic carbocycles. The second kappa shape index (κ2) is 5.78. The lowest BCUT2D eigenvalue weighted by Crippen LogP contribution is -2.35. The highest BCUT2D eigenvalue weighted by molar-refractivity contribution is 7.18. The molecule has 3 nitrogen and oxygen atoms in total. The lowest BCUT2D eigenvalue weighted by molar-refractivity contribution is 0.202. The van der Waals surface area contributed by atoms with Gasteiger partial charge in [0.2, 0.25) is 0 Å². The molecule has 0 saturated heterocycles. The Balaban J connectivity index is 2.11. The molecule has 2 rings (SSSR count). The first-order valence-corrected chi connectivity index (χ1v) is 7.16. The molecule has 98 valence electrons. The van der Waals surface area contributed by atoms with Crippen LogP contribution in [-0.4, -0.2) is 22.7 Å². The predicted molar refractivity (Wildman–Crippen MR) is 76.9 cm³/mol. The third-order valence-corrected chi connectivity index (χ3v) is 4.55. The van der Waals surface area contributed by atoms with E-state index < -0.39 is 0 Å². The molecule has 18 heavy (non-hydrogen) atoms. The van der Waals surface area contributed by atoms with Gasteiger partial charge in [-0.1, -0.05) is 19.1 Å². The van der Waals surface area contributed by atoms with Crippen molar-refractivity contribution in [2.75, 3.05) is 6.61 Å². The third-order valence-electron chi connectivity index (χ3n) is 3.34. The van der Waals surface area contributed by atoms with Crippen LogP contribution < -0.4 is 5.32 Å². The highest BCUT2D eigenvalue weighted by Crippen LogP contribution is 2.26. The Labute approximate surface area is 112 Å². The number of nitrogens with one attached hydrogen (secondary N) is 1. The Morgan fingerprint density at radius 1 is 1.28 bits per heavy atom. The van der Waals surface area contributed by atoms with Crippen molar-refractivity contribution in [1.82, 2.24) is 10.3 Å². The number of para-hydroxylation sites is 1. The van der Waals surface area contributed by atoms with Crippen LogP contribution in [0.1, 0.15) is 31.8 Å². The van der Waals surface area contributed by atoms with Gasteiger partial charge in [-0.3, -0.25) is 0 Å². The second-order valence-electron chi connectivity index (χ2n) is 4.86. The molecule has 3 atom stereocenters. The number of hydrogen-bond donors (Lipinski definition) is 2. The molecular formula is C14H20N2OS.